The van der Waals surface area contributed by atoms with E-state index in [1.807, 2.05) is 48.5 Å². The van der Waals surface area contributed by atoms with Gasteiger partial charge in [-0.3, -0.25) is 20.4 Å². The Morgan fingerprint density at radius 3 is 2.62 bits per heavy atom. The van der Waals surface area contributed by atoms with Gasteiger partial charge in [-0.2, -0.15) is 4.98 Å². The zero-order valence-electron chi connectivity index (χ0n) is 15.3. The van der Waals surface area contributed by atoms with E-state index in [0.29, 0.717) is 23.8 Å². The van der Waals surface area contributed by atoms with E-state index in [-0.39, 0.29) is 11.7 Å². The summed E-state index contributed by atoms with van der Waals surface area (Å²) in [5, 5.41) is 18.3. The molecule has 0 radical (unpaired) electrons. The third-order valence-corrected chi connectivity index (χ3v) is 4.36. The second-order valence-corrected chi connectivity index (χ2v) is 6.30. The van der Waals surface area contributed by atoms with Gasteiger partial charge in [-0.1, -0.05) is 53.7 Å². The molecule has 1 N–H and O–H groups in total. The molecule has 8 heteroatoms. The summed E-state index contributed by atoms with van der Waals surface area (Å²) in [4.78, 5) is 19.3. The van der Waals surface area contributed by atoms with Crippen LogP contribution >= 0.6 is 0 Å². The molecule has 4 aromatic rings. The molecule has 1 atom stereocenters. The van der Waals surface area contributed by atoms with Gasteiger partial charge in [-0.15, -0.1) is 0 Å². The predicted octanol–water partition coefficient (Wildman–Crippen LogP) is 3.92. The molecule has 0 spiro atoms. The highest BCUT2D eigenvalue weighted by Crippen LogP contribution is 2.23. The van der Waals surface area contributed by atoms with E-state index < -0.39 is 4.92 Å². The third-order valence-electron chi connectivity index (χ3n) is 4.36. The van der Waals surface area contributed by atoms with Gasteiger partial charge in [-0.25, -0.2) is 0 Å². The molecule has 1 unspecified atom stereocenters. The average Bonchev–Trinajstić information content (AvgIpc) is 3.25. The fourth-order valence-electron chi connectivity index (χ4n) is 2.98. The third kappa shape index (κ3) is 4.33. The Morgan fingerprint density at radius 1 is 1.03 bits per heavy atom. The summed E-state index contributed by atoms with van der Waals surface area (Å²) in [6.45, 7) is 0.318. The second kappa shape index (κ2) is 8.41. The van der Waals surface area contributed by atoms with Crippen LogP contribution in [-0.2, 0) is 6.54 Å². The molecule has 0 fully saturated rings. The van der Waals surface area contributed by atoms with Gasteiger partial charge in [0.2, 0.25) is 11.7 Å². The summed E-state index contributed by atoms with van der Waals surface area (Å²) in [6, 6.07) is 21.7. The van der Waals surface area contributed by atoms with Crippen LogP contribution in [0.4, 0.5) is 5.69 Å². The first-order valence-corrected chi connectivity index (χ1v) is 8.97. The standard InChI is InChI=1S/C21H17N5O3/c27-26(28)17-10-6-9-16(13-17)21-24-19(29-25-21)14-23-20(15-7-2-1-3-8-15)18-11-4-5-12-22-18/h1-13,20,23H,14H2. The van der Waals surface area contributed by atoms with E-state index in [1.54, 1.807) is 18.3 Å². The Labute approximate surface area is 166 Å². The van der Waals surface area contributed by atoms with E-state index in [0.717, 1.165) is 11.3 Å². The Kier molecular flexibility index (Phi) is 5.35. The van der Waals surface area contributed by atoms with Gasteiger partial charge in [0.25, 0.3) is 5.69 Å². The van der Waals surface area contributed by atoms with Crippen molar-refractivity contribution in [1.82, 2.24) is 20.4 Å². The van der Waals surface area contributed by atoms with Crippen molar-refractivity contribution in [3.05, 3.63) is 106 Å². The fraction of sp³-hybridized carbons (Fsp3) is 0.0952. The van der Waals surface area contributed by atoms with Crippen molar-refractivity contribution in [3.63, 3.8) is 0 Å². The molecule has 0 amide bonds. The van der Waals surface area contributed by atoms with Crippen LogP contribution in [-0.4, -0.2) is 20.0 Å². The zero-order valence-corrected chi connectivity index (χ0v) is 15.3. The highest BCUT2D eigenvalue weighted by atomic mass is 16.6. The van der Waals surface area contributed by atoms with Gasteiger partial charge in [0.1, 0.15) is 0 Å². The van der Waals surface area contributed by atoms with Crippen LogP contribution < -0.4 is 5.32 Å². The minimum absolute atomic E-state index is 0.0220. The van der Waals surface area contributed by atoms with Crippen LogP contribution in [0.1, 0.15) is 23.2 Å². The number of nitrogens with one attached hydrogen (secondary N) is 1. The quantitative estimate of drug-likeness (QED) is 0.378. The van der Waals surface area contributed by atoms with Crippen molar-refractivity contribution in [1.29, 1.82) is 0 Å². The molecule has 29 heavy (non-hydrogen) atoms. The summed E-state index contributed by atoms with van der Waals surface area (Å²) in [6.07, 6.45) is 1.75. The number of nitro groups is 1. The van der Waals surface area contributed by atoms with Crippen LogP contribution in [0.5, 0.6) is 0 Å². The molecule has 0 aliphatic heterocycles. The number of non-ortho nitro benzene ring substituents is 1. The fourth-order valence-corrected chi connectivity index (χ4v) is 2.98. The molecule has 0 saturated carbocycles. The largest absolute Gasteiger partial charge is 0.338 e. The van der Waals surface area contributed by atoms with Crippen LogP contribution in [0.2, 0.25) is 0 Å². The summed E-state index contributed by atoms with van der Waals surface area (Å²) in [7, 11) is 0. The van der Waals surface area contributed by atoms with Crippen molar-refractivity contribution < 1.29 is 9.45 Å². The van der Waals surface area contributed by atoms with E-state index in [4.69, 9.17) is 4.52 Å². The SMILES string of the molecule is O=[N+]([O-])c1cccc(-c2noc(CNC(c3ccccc3)c3ccccn3)n2)c1. The topological polar surface area (TPSA) is 107 Å². The maximum atomic E-state index is 11.0. The number of hydrogen-bond acceptors (Lipinski definition) is 7. The first kappa shape index (κ1) is 18.5. The Morgan fingerprint density at radius 2 is 1.86 bits per heavy atom. The van der Waals surface area contributed by atoms with Crippen molar-refractivity contribution in [2.24, 2.45) is 0 Å². The van der Waals surface area contributed by atoms with E-state index in [1.165, 1.54) is 12.1 Å². The molecule has 0 saturated heterocycles. The Hall–Kier alpha value is -3.91. The first-order chi connectivity index (χ1) is 14.2. The number of benzene rings is 2. The van der Waals surface area contributed by atoms with Crippen LogP contribution in [0.25, 0.3) is 11.4 Å². The van der Waals surface area contributed by atoms with Gasteiger partial charge in [-0.05, 0) is 17.7 Å². The van der Waals surface area contributed by atoms with Gasteiger partial charge >= 0.3 is 0 Å². The minimum Gasteiger partial charge on any atom is -0.338 e. The molecule has 2 aromatic carbocycles. The first-order valence-electron chi connectivity index (χ1n) is 8.97. The molecule has 2 heterocycles. The number of hydrogen-bond donors (Lipinski definition) is 1. The highest BCUT2D eigenvalue weighted by Gasteiger charge is 2.17. The normalized spacial score (nSPS) is 11.9. The number of nitrogens with zero attached hydrogens (tertiary/aromatic N) is 4. The Balaban J connectivity index is 1.53. The number of rotatable bonds is 7. The lowest BCUT2D eigenvalue weighted by Gasteiger charge is -2.17. The highest BCUT2D eigenvalue weighted by molar-refractivity contribution is 5.58. The van der Waals surface area contributed by atoms with Crippen molar-refractivity contribution in [2.45, 2.75) is 12.6 Å². The minimum atomic E-state index is -0.455. The molecule has 4 rings (SSSR count). The van der Waals surface area contributed by atoms with Gasteiger partial charge < -0.3 is 4.52 Å². The number of nitro benzene ring substituents is 1. The van der Waals surface area contributed by atoms with E-state index in [2.05, 4.69) is 20.4 Å². The van der Waals surface area contributed by atoms with Crippen LogP contribution in [0.3, 0.4) is 0 Å². The lowest BCUT2D eigenvalue weighted by Crippen LogP contribution is -2.23. The number of pyridine rings is 1. The summed E-state index contributed by atoms with van der Waals surface area (Å²) < 4.78 is 5.33. The van der Waals surface area contributed by atoms with Crippen molar-refractivity contribution >= 4 is 5.69 Å². The molecular formula is C21H17N5O3. The van der Waals surface area contributed by atoms with Gasteiger partial charge in [0.15, 0.2) is 0 Å². The Bertz CT molecular complexity index is 1060. The van der Waals surface area contributed by atoms with Crippen LogP contribution in [0, 0.1) is 10.1 Å². The molecule has 8 nitrogen and oxygen atoms in total. The maximum Gasteiger partial charge on any atom is 0.270 e. The zero-order chi connectivity index (χ0) is 20.1. The van der Waals surface area contributed by atoms with E-state index >= 15 is 0 Å². The maximum absolute atomic E-state index is 11.0. The average molecular weight is 387 g/mol. The van der Waals surface area contributed by atoms with Gasteiger partial charge in [0, 0.05) is 23.9 Å². The molecule has 0 aliphatic carbocycles. The summed E-state index contributed by atoms with van der Waals surface area (Å²) in [5.74, 6) is 0.683. The smallest absolute Gasteiger partial charge is 0.270 e. The molecule has 144 valence electrons. The lowest BCUT2D eigenvalue weighted by atomic mass is 10.0. The second-order valence-electron chi connectivity index (χ2n) is 6.30. The summed E-state index contributed by atoms with van der Waals surface area (Å²) >= 11 is 0. The summed E-state index contributed by atoms with van der Waals surface area (Å²) in [5.41, 5.74) is 2.44. The van der Waals surface area contributed by atoms with Crippen molar-refractivity contribution in [3.8, 4) is 11.4 Å². The monoisotopic (exact) mass is 387 g/mol. The van der Waals surface area contributed by atoms with Crippen molar-refractivity contribution in [2.75, 3.05) is 0 Å². The molecule has 0 bridgehead atoms. The van der Waals surface area contributed by atoms with E-state index in [9.17, 15) is 10.1 Å². The predicted molar refractivity (Wildman–Crippen MR) is 106 cm³/mol. The van der Waals surface area contributed by atoms with Crippen LogP contribution in [0.15, 0.2) is 83.5 Å². The molecule has 0 aliphatic rings. The lowest BCUT2D eigenvalue weighted by molar-refractivity contribution is -0.384. The number of aromatic nitrogens is 3. The molecular weight excluding hydrogens is 370 g/mol. The van der Waals surface area contributed by atoms with Gasteiger partial charge in [0.05, 0.1) is 23.2 Å². The molecule has 2 aromatic heterocycles.